The van der Waals surface area contributed by atoms with Gasteiger partial charge in [-0.15, -0.1) is 11.3 Å². The van der Waals surface area contributed by atoms with Crippen LogP contribution >= 0.6 is 11.3 Å². The van der Waals surface area contributed by atoms with Gasteiger partial charge < -0.3 is 9.57 Å². The first kappa shape index (κ1) is 14.8. The van der Waals surface area contributed by atoms with Crippen LogP contribution in [0.1, 0.15) is 15.2 Å². The minimum atomic E-state index is -0.648. The number of methoxy groups -OCH3 is 1. The normalized spacial score (nSPS) is 10.3. The lowest BCUT2D eigenvalue weighted by molar-refractivity contribution is -0.142. The number of thiophene rings is 1. The van der Waals surface area contributed by atoms with Crippen LogP contribution in [0.5, 0.6) is 5.75 Å². The SMILES string of the molecule is COc1ccc(C(=O)NOC(=O)/C=C/c2cccs2)cc1. The maximum absolute atomic E-state index is 11.7. The molecule has 0 radical (unpaired) electrons. The van der Waals surface area contributed by atoms with Gasteiger partial charge in [-0.05, 0) is 41.8 Å². The minimum Gasteiger partial charge on any atom is -0.497 e. The van der Waals surface area contributed by atoms with Crippen LogP contribution in [0.25, 0.3) is 6.08 Å². The van der Waals surface area contributed by atoms with Gasteiger partial charge in [-0.1, -0.05) is 6.07 Å². The van der Waals surface area contributed by atoms with Crippen LogP contribution < -0.4 is 10.2 Å². The largest absolute Gasteiger partial charge is 0.497 e. The van der Waals surface area contributed by atoms with Gasteiger partial charge in [-0.2, -0.15) is 5.48 Å². The molecule has 2 rings (SSSR count). The van der Waals surface area contributed by atoms with Gasteiger partial charge in [0.25, 0.3) is 5.91 Å². The molecule has 0 atom stereocenters. The smallest absolute Gasteiger partial charge is 0.355 e. The van der Waals surface area contributed by atoms with Crippen molar-refractivity contribution in [3.63, 3.8) is 0 Å². The van der Waals surface area contributed by atoms with E-state index in [1.54, 1.807) is 30.3 Å². The van der Waals surface area contributed by atoms with Gasteiger partial charge in [0.15, 0.2) is 0 Å². The van der Waals surface area contributed by atoms with E-state index in [0.29, 0.717) is 11.3 Å². The van der Waals surface area contributed by atoms with Crippen LogP contribution in [0.15, 0.2) is 47.9 Å². The molecule has 0 unspecified atom stereocenters. The Morgan fingerprint density at radius 2 is 1.95 bits per heavy atom. The summed E-state index contributed by atoms with van der Waals surface area (Å²) in [5.41, 5.74) is 2.46. The van der Waals surface area contributed by atoms with Crippen LogP contribution in [0.4, 0.5) is 0 Å². The average molecular weight is 303 g/mol. The molecular weight excluding hydrogens is 290 g/mol. The Labute approximate surface area is 125 Å². The Morgan fingerprint density at radius 3 is 2.57 bits per heavy atom. The second kappa shape index (κ2) is 7.25. The number of amides is 1. The Morgan fingerprint density at radius 1 is 1.19 bits per heavy atom. The lowest BCUT2D eigenvalue weighted by atomic mass is 10.2. The fraction of sp³-hybridized carbons (Fsp3) is 0.0667. The molecule has 108 valence electrons. The van der Waals surface area contributed by atoms with E-state index in [-0.39, 0.29) is 0 Å². The zero-order valence-electron chi connectivity index (χ0n) is 11.2. The van der Waals surface area contributed by atoms with Gasteiger partial charge in [-0.3, -0.25) is 4.79 Å². The highest BCUT2D eigenvalue weighted by Gasteiger charge is 2.07. The highest BCUT2D eigenvalue weighted by atomic mass is 32.1. The summed E-state index contributed by atoms with van der Waals surface area (Å²) in [7, 11) is 1.54. The summed E-state index contributed by atoms with van der Waals surface area (Å²) in [6.45, 7) is 0. The fourth-order valence-electron chi connectivity index (χ4n) is 1.47. The molecule has 0 aliphatic carbocycles. The van der Waals surface area contributed by atoms with Crippen LogP contribution in [-0.4, -0.2) is 19.0 Å². The number of hydroxylamine groups is 1. The summed E-state index contributed by atoms with van der Waals surface area (Å²) in [5.74, 6) is -0.511. The second-order valence-electron chi connectivity index (χ2n) is 3.93. The third-order valence-corrected chi connectivity index (χ3v) is 3.36. The highest BCUT2D eigenvalue weighted by Crippen LogP contribution is 2.11. The van der Waals surface area contributed by atoms with E-state index in [1.807, 2.05) is 17.5 Å². The number of ether oxygens (including phenoxy) is 1. The summed E-state index contributed by atoms with van der Waals surface area (Å²) in [6.07, 6.45) is 2.87. The van der Waals surface area contributed by atoms with E-state index in [4.69, 9.17) is 4.74 Å². The first-order valence-electron chi connectivity index (χ1n) is 6.06. The van der Waals surface area contributed by atoms with Crippen LogP contribution in [0, 0.1) is 0 Å². The highest BCUT2D eigenvalue weighted by molar-refractivity contribution is 7.10. The predicted molar refractivity (Wildman–Crippen MR) is 79.9 cm³/mol. The summed E-state index contributed by atoms with van der Waals surface area (Å²) >= 11 is 1.50. The van der Waals surface area contributed by atoms with E-state index >= 15 is 0 Å². The summed E-state index contributed by atoms with van der Waals surface area (Å²) in [4.78, 5) is 28.8. The molecular formula is C15H13NO4S. The monoisotopic (exact) mass is 303 g/mol. The molecule has 21 heavy (non-hydrogen) atoms. The van der Waals surface area contributed by atoms with Crippen LogP contribution in [-0.2, 0) is 9.63 Å². The van der Waals surface area contributed by atoms with Crippen molar-refractivity contribution in [3.8, 4) is 5.75 Å². The molecule has 0 saturated heterocycles. The third-order valence-electron chi connectivity index (χ3n) is 2.52. The number of carbonyl (C=O) groups excluding carboxylic acids is 2. The zero-order chi connectivity index (χ0) is 15.1. The molecule has 0 spiro atoms. The topological polar surface area (TPSA) is 64.6 Å². The standard InChI is InChI=1S/C15H13NO4S/c1-19-12-6-4-11(5-7-12)15(18)16-20-14(17)9-8-13-3-2-10-21-13/h2-10H,1H3,(H,16,18)/b9-8+. The zero-order valence-corrected chi connectivity index (χ0v) is 12.1. The fourth-order valence-corrected chi connectivity index (χ4v) is 2.09. The van der Waals surface area contributed by atoms with Crippen molar-refractivity contribution in [3.05, 3.63) is 58.3 Å². The minimum absolute atomic E-state index is 0.367. The van der Waals surface area contributed by atoms with Crippen molar-refractivity contribution in [1.29, 1.82) is 0 Å². The van der Waals surface area contributed by atoms with Gasteiger partial charge >= 0.3 is 5.97 Å². The molecule has 1 aromatic heterocycles. The molecule has 2 aromatic rings. The molecule has 1 aromatic carbocycles. The Balaban J connectivity index is 1.84. The molecule has 5 nitrogen and oxygen atoms in total. The van der Waals surface area contributed by atoms with Crippen molar-refractivity contribution in [1.82, 2.24) is 5.48 Å². The van der Waals surface area contributed by atoms with Gasteiger partial charge in [0.1, 0.15) is 5.75 Å². The molecule has 6 heteroatoms. The first-order valence-corrected chi connectivity index (χ1v) is 6.94. The van der Waals surface area contributed by atoms with E-state index in [0.717, 1.165) is 4.88 Å². The van der Waals surface area contributed by atoms with Crippen molar-refractivity contribution < 1.29 is 19.2 Å². The van der Waals surface area contributed by atoms with Crippen LogP contribution in [0.2, 0.25) is 0 Å². The number of rotatable bonds is 4. The number of hydrogen-bond acceptors (Lipinski definition) is 5. The Kier molecular flexibility index (Phi) is 5.11. The predicted octanol–water partition coefficient (Wildman–Crippen LogP) is 2.66. The van der Waals surface area contributed by atoms with Gasteiger partial charge in [-0.25, -0.2) is 4.79 Å². The molecule has 0 bridgehead atoms. The molecule has 0 saturated carbocycles. The van der Waals surface area contributed by atoms with E-state index in [2.05, 4.69) is 10.3 Å². The van der Waals surface area contributed by atoms with Gasteiger partial charge in [0, 0.05) is 16.5 Å². The Bertz CT molecular complexity index is 632. The summed E-state index contributed by atoms with van der Waals surface area (Å²) in [5, 5.41) is 1.90. The quantitative estimate of drug-likeness (QED) is 0.696. The van der Waals surface area contributed by atoms with Crippen molar-refractivity contribution in [2.75, 3.05) is 7.11 Å². The van der Waals surface area contributed by atoms with Crippen molar-refractivity contribution >= 4 is 29.3 Å². The van der Waals surface area contributed by atoms with E-state index in [9.17, 15) is 9.59 Å². The first-order chi connectivity index (χ1) is 10.2. The maximum atomic E-state index is 11.7. The lowest BCUT2D eigenvalue weighted by Crippen LogP contribution is -2.26. The summed E-state index contributed by atoms with van der Waals surface area (Å²) in [6, 6.07) is 10.2. The maximum Gasteiger partial charge on any atom is 0.355 e. The molecule has 0 fully saturated rings. The molecule has 1 N–H and O–H groups in total. The number of nitrogens with one attached hydrogen (secondary N) is 1. The third kappa shape index (κ3) is 4.47. The van der Waals surface area contributed by atoms with E-state index in [1.165, 1.54) is 24.5 Å². The molecule has 0 aliphatic heterocycles. The van der Waals surface area contributed by atoms with Gasteiger partial charge in [0.2, 0.25) is 0 Å². The lowest BCUT2D eigenvalue weighted by Gasteiger charge is -2.04. The molecule has 1 amide bonds. The second-order valence-corrected chi connectivity index (χ2v) is 4.91. The number of hydrogen-bond donors (Lipinski definition) is 1. The molecule has 0 aliphatic rings. The van der Waals surface area contributed by atoms with Crippen LogP contribution in [0.3, 0.4) is 0 Å². The van der Waals surface area contributed by atoms with E-state index < -0.39 is 11.9 Å². The van der Waals surface area contributed by atoms with Crippen molar-refractivity contribution in [2.45, 2.75) is 0 Å². The average Bonchev–Trinajstić information content (AvgIpc) is 3.04. The number of carbonyl (C=O) groups is 2. The Hall–Kier alpha value is -2.60. The molecule has 1 heterocycles. The van der Waals surface area contributed by atoms with Crippen molar-refractivity contribution in [2.24, 2.45) is 0 Å². The van der Waals surface area contributed by atoms with Gasteiger partial charge in [0.05, 0.1) is 7.11 Å². The number of benzene rings is 1. The summed E-state index contributed by atoms with van der Waals surface area (Å²) < 4.78 is 4.99.